The van der Waals surface area contributed by atoms with Crippen molar-refractivity contribution in [3.05, 3.63) is 41.0 Å². The highest BCUT2D eigenvalue weighted by atomic mass is 16.5. The molecule has 1 heterocycles. The van der Waals surface area contributed by atoms with Gasteiger partial charge in [0.05, 0.1) is 6.42 Å². The predicted molar refractivity (Wildman–Crippen MR) is 81.5 cm³/mol. The minimum Gasteiger partial charge on any atom is -0.485 e. The second-order valence-electron chi connectivity index (χ2n) is 5.77. The number of aryl methyl sites for hydroxylation is 2. The van der Waals surface area contributed by atoms with Gasteiger partial charge >= 0.3 is 0 Å². The Morgan fingerprint density at radius 3 is 3.00 bits per heavy atom. The third-order valence-corrected chi connectivity index (χ3v) is 3.55. The number of ether oxygens (including phenoxy) is 1. The molecule has 1 amide bonds. The van der Waals surface area contributed by atoms with Gasteiger partial charge in [-0.2, -0.15) is 5.10 Å². The van der Waals surface area contributed by atoms with Gasteiger partial charge in [0.2, 0.25) is 5.91 Å². The number of aromatic amines is 1. The smallest absolute Gasteiger partial charge is 0.227 e. The van der Waals surface area contributed by atoms with Gasteiger partial charge in [0, 0.05) is 6.04 Å². The Hall–Kier alpha value is -2.37. The zero-order valence-corrected chi connectivity index (χ0v) is 12.8. The normalized spacial score (nSPS) is 13.9. The molecule has 2 aromatic rings. The molecule has 22 heavy (non-hydrogen) atoms. The van der Waals surface area contributed by atoms with Crippen molar-refractivity contribution in [2.24, 2.45) is 0 Å². The molecule has 1 aliphatic carbocycles. The van der Waals surface area contributed by atoms with Crippen molar-refractivity contribution >= 4 is 5.91 Å². The fourth-order valence-electron chi connectivity index (χ4n) is 2.14. The summed E-state index contributed by atoms with van der Waals surface area (Å²) in [5.74, 6) is 1.93. The molecule has 1 fully saturated rings. The number of amides is 1. The highest BCUT2D eigenvalue weighted by molar-refractivity contribution is 5.78. The fraction of sp³-hybridized carbons (Fsp3) is 0.438. The summed E-state index contributed by atoms with van der Waals surface area (Å²) in [6.45, 7) is 4.33. The van der Waals surface area contributed by atoms with E-state index in [0.29, 0.717) is 24.3 Å². The molecule has 3 rings (SSSR count). The van der Waals surface area contributed by atoms with Crippen LogP contribution in [-0.4, -0.2) is 27.1 Å². The summed E-state index contributed by atoms with van der Waals surface area (Å²) >= 11 is 0. The number of aromatic nitrogens is 3. The third kappa shape index (κ3) is 3.84. The van der Waals surface area contributed by atoms with E-state index >= 15 is 0 Å². The first-order valence-electron chi connectivity index (χ1n) is 7.50. The van der Waals surface area contributed by atoms with E-state index in [1.165, 1.54) is 0 Å². The van der Waals surface area contributed by atoms with E-state index in [1.807, 2.05) is 32.0 Å². The van der Waals surface area contributed by atoms with Crippen LogP contribution >= 0.6 is 0 Å². The molecular formula is C16H20N4O2. The quantitative estimate of drug-likeness (QED) is 0.853. The molecule has 0 saturated heterocycles. The molecule has 0 atom stereocenters. The van der Waals surface area contributed by atoms with Crippen molar-refractivity contribution in [3.8, 4) is 5.75 Å². The number of nitrogens with zero attached hydrogens (tertiary/aromatic N) is 2. The van der Waals surface area contributed by atoms with Crippen LogP contribution in [0.25, 0.3) is 0 Å². The molecule has 1 aromatic heterocycles. The first-order valence-corrected chi connectivity index (χ1v) is 7.50. The molecular weight excluding hydrogens is 280 g/mol. The molecule has 2 N–H and O–H groups in total. The van der Waals surface area contributed by atoms with E-state index in [9.17, 15) is 4.79 Å². The van der Waals surface area contributed by atoms with Crippen molar-refractivity contribution < 1.29 is 9.53 Å². The zero-order valence-electron chi connectivity index (χ0n) is 12.8. The van der Waals surface area contributed by atoms with Gasteiger partial charge < -0.3 is 10.1 Å². The summed E-state index contributed by atoms with van der Waals surface area (Å²) in [6, 6.07) is 6.43. The van der Waals surface area contributed by atoms with E-state index < -0.39 is 0 Å². The average Bonchev–Trinajstić information content (AvgIpc) is 3.17. The second-order valence-corrected chi connectivity index (χ2v) is 5.77. The highest BCUT2D eigenvalue weighted by Gasteiger charge is 2.23. The zero-order chi connectivity index (χ0) is 15.5. The van der Waals surface area contributed by atoms with Crippen molar-refractivity contribution in [1.29, 1.82) is 0 Å². The number of rotatable bonds is 6. The lowest BCUT2D eigenvalue weighted by Gasteiger charge is -2.08. The monoisotopic (exact) mass is 300 g/mol. The predicted octanol–water partition coefficient (Wildman–Crippen LogP) is 1.82. The number of carbonyl (C=O) groups excluding carboxylic acids is 1. The Balaban J connectivity index is 1.54. The molecule has 116 valence electrons. The van der Waals surface area contributed by atoms with Crippen LogP contribution in [0.2, 0.25) is 0 Å². The van der Waals surface area contributed by atoms with Gasteiger partial charge in [-0.15, -0.1) is 0 Å². The van der Waals surface area contributed by atoms with Gasteiger partial charge in [-0.05, 0) is 43.9 Å². The number of H-pyrrole nitrogens is 1. The lowest BCUT2D eigenvalue weighted by atomic mass is 10.1. The Labute approximate surface area is 129 Å². The van der Waals surface area contributed by atoms with Crippen molar-refractivity contribution in [2.75, 3.05) is 0 Å². The summed E-state index contributed by atoms with van der Waals surface area (Å²) in [5, 5.41) is 9.80. The molecule has 1 aliphatic rings. The van der Waals surface area contributed by atoms with E-state index in [0.717, 1.165) is 29.7 Å². The van der Waals surface area contributed by atoms with Crippen LogP contribution in [0, 0.1) is 13.8 Å². The van der Waals surface area contributed by atoms with Gasteiger partial charge in [0.25, 0.3) is 0 Å². The maximum absolute atomic E-state index is 11.7. The van der Waals surface area contributed by atoms with E-state index in [-0.39, 0.29) is 12.3 Å². The summed E-state index contributed by atoms with van der Waals surface area (Å²) < 4.78 is 5.76. The van der Waals surface area contributed by atoms with Gasteiger partial charge in [0.1, 0.15) is 12.4 Å². The minimum atomic E-state index is -0.0245. The fourth-order valence-corrected chi connectivity index (χ4v) is 2.14. The average molecular weight is 300 g/mol. The molecule has 0 aliphatic heterocycles. The van der Waals surface area contributed by atoms with Gasteiger partial charge in [0.15, 0.2) is 11.6 Å². The number of carbonyl (C=O) groups is 1. The van der Waals surface area contributed by atoms with Gasteiger partial charge in [-0.25, -0.2) is 4.98 Å². The highest BCUT2D eigenvalue weighted by Crippen LogP contribution is 2.20. The number of hydrogen-bond acceptors (Lipinski definition) is 4. The molecule has 6 heteroatoms. The summed E-state index contributed by atoms with van der Waals surface area (Å²) in [6.07, 6.45) is 2.36. The minimum absolute atomic E-state index is 0.0245. The Bertz CT molecular complexity index is 677. The standard InChI is InChI=1S/C16H20N4O2/c1-10-3-4-11(2)13(7-10)22-9-15-18-14(19-20-15)8-16(21)17-12-5-6-12/h3-4,7,12H,5-6,8-9H2,1-2H3,(H,17,21)(H,18,19,20). The Kier molecular flexibility index (Phi) is 4.09. The number of benzene rings is 1. The molecule has 0 spiro atoms. The van der Waals surface area contributed by atoms with Crippen LogP contribution < -0.4 is 10.1 Å². The first-order chi connectivity index (χ1) is 10.6. The molecule has 1 aromatic carbocycles. The molecule has 1 saturated carbocycles. The van der Waals surface area contributed by atoms with E-state index in [2.05, 4.69) is 20.5 Å². The molecule has 0 bridgehead atoms. The van der Waals surface area contributed by atoms with Crippen molar-refractivity contribution in [3.63, 3.8) is 0 Å². The van der Waals surface area contributed by atoms with Crippen molar-refractivity contribution in [1.82, 2.24) is 20.5 Å². The van der Waals surface area contributed by atoms with Crippen LogP contribution in [0.15, 0.2) is 18.2 Å². The first kappa shape index (κ1) is 14.6. The Morgan fingerprint density at radius 1 is 1.41 bits per heavy atom. The van der Waals surface area contributed by atoms with Crippen LogP contribution in [0.5, 0.6) is 5.75 Å². The third-order valence-electron chi connectivity index (χ3n) is 3.55. The largest absolute Gasteiger partial charge is 0.485 e. The molecule has 0 radical (unpaired) electrons. The van der Waals surface area contributed by atoms with E-state index in [1.54, 1.807) is 0 Å². The van der Waals surface area contributed by atoms with Crippen molar-refractivity contribution in [2.45, 2.75) is 45.8 Å². The molecule has 0 unspecified atom stereocenters. The number of nitrogens with one attached hydrogen (secondary N) is 2. The lowest BCUT2D eigenvalue weighted by molar-refractivity contribution is -0.120. The van der Waals surface area contributed by atoms with Gasteiger partial charge in [-0.1, -0.05) is 12.1 Å². The van der Waals surface area contributed by atoms with Crippen LogP contribution in [0.4, 0.5) is 0 Å². The SMILES string of the molecule is Cc1ccc(C)c(OCc2nc(CC(=O)NC3CC3)n[nH]2)c1. The van der Waals surface area contributed by atoms with Crippen LogP contribution in [0.3, 0.4) is 0 Å². The maximum atomic E-state index is 11.7. The topological polar surface area (TPSA) is 79.9 Å². The van der Waals surface area contributed by atoms with Gasteiger partial charge in [-0.3, -0.25) is 9.89 Å². The van der Waals surface area contributed by atoms with E-state index in [4.69, 9.17) is 4.74 Å². The summed E-state index contributed by atoms with van der Waals surface area (Å²) in [4.78, 5) is 16.0. The number of hydrogen-bond donors (Lipinski definition) is 2. The summed E-state index contributed by atoms with van der Waals surface area (Å²) in [5.41, 5.74) is 2.23. The molecule has 6 nitrogen and oxygen atoms in total. The second kappa shape index (κ2) is 6.17. The Morgan fingerprint density at radius 2 is 2.23 bits per heavy atom. The van der Waals surface area contributed by atoms with Crippen LogP contribution in [-0.2, 0) is 17.8 Å². The maximum Gasteiger partial charge on any atom is 0.227 e. The summed E-state index contributed by atoms with van der Waals surface area (Å²) in [7, 11) is 0. The lowest BCUT2D eigenvalue weighted by Crippen LogP contribution is -2.27. The van der Waals surface area contributed by atoms with Crippen LogP contribution in [0.1, 0.15) is 35.6 Å².